The van der Waals surface area contributed by atoms with Crippen LogP contribution in [0.5, 0.6) is 17.2 Å². The topological polar surface area (TPSA) is 66.8 Å². The van der Waals surface area contributed by atoms with Gasteiger partial charge in [-0.25, -0.2) is 0 Å². The van der Waals surface area contributed by atoms with Crippen LogP contribution in [0.15, 0.2) is 48.5 Å². The zero-order valence-corrected chi connectivity index (χ0v) is 11.9. The first-order valence-electron chi connectivity index (χ1n) is 5.50. The zero-order chi connectivity index (χ0) is 13.8. The number of hydrogen-bond acceptors (Lipinski definition) is 3. The second-order valence-electron chi connectivity index (χ2n) is 3.87. The van der Waals surface area contributed by atoms with Crippen molar-refractivity contribution in [1.29, 1.82) is 0 Å². The van der Waals surface area contributed by atoms with Gasteiger partial charge in [0.25, 0.3) is 0 Å². The largest absolute Gasteiger partial charge is 0.508 e. The van der Waals surface area contributed by atoms with Gasteiger partial charge in [0.2, 0.25) is 0 Å². The van der Waals surface area contributed by atoms with Crippen molar-refractivity contribution >= 4 is 28.6 Å². The van der Waals surface area contributed by atoms with Gasteiger partial charge in [-0.15, -0.1) is 0 Å². The number of alkyl halides is 1. The monoisotopic (exact) mass is 370 g/mol. The Kier molecular flexibility index (Phi) is 4.26. The Morgan fingerprint density at radius 2 is 1.47 bits per heavy atom. The summed E-state index contributed by atoms with van der Waals surface area (Å²) in [6, 6.07) is 13.3. The molecule has 2 N–H and O–H groups in total. The van der Waals surface area contributed by atoms with Gasteiger partial charge in [-0.05, 0) is 42.0 Å². The van der Waals surface area contributed by atoms with Crippen molar-refractivity contribution in [2.75, 3.05) is 0 Å². The van der Waals surface area contributed by atoms with Crippen LogP contribution in [0.1, 0.15) is 9.49 Å². The molecule has 0 spiro atoms. The van der Waals surface area contributed by atoms with Crippen molar-refractivity contribution in [2.24, 2.45) is 0 Å². The van der Waals surface area contributed by atoms with Crippen molar-refractivity contribution < 1.29 is 19.7 Å². The highest BCUT2D eigenvalue weighted by atomic mass is 127. The molecule has 0 saturated heterocycles. The van der Waals surface area contributed by atoms with Gasteiger partial charge in [0.05, 0.1) is 0 Å². The predicted octanol–water partition coefficient (Wildman–Crippen LogP) is 3.75. The van der Waals surface area contributed by atoms with E-state index in [2.05, 4.69) is 0 Å². The molecule has 2 rings (SSSR count). The molecular weight excluding hydrogens is 359 g/mol. The number of carbonyl (C=O) groups is 1. The molecule has 0 fully saturated rings. The Morgan fingerprint density at radius 3 is 1.95 bits per heavy atom. The van der Waals surface area contributed by atoms with Gasteiger partial charge in [0.1, 0.15) is 21.2 Å². The molecule has 0 aliphatic heterocycles. The van der Waals surface area contributed by atoms with Gasteiger partial charge < -0.3 is 14.9 Å². The molecule has 0 heterocycles. The first kappa shape index (κ1) is 13.7. The molecule has 2 aromatic rings. The highest BCUT2D eigenvalue weighted by molar-refractivity contribution is 14.1. The van der Waals surface area contributed by atoms with Crippen LogP contribution >= 0.6 is 22.6 Å². The number of aliphatic carboxylic acids is 1. The van der Waals surface area contributed by atoms with E-state index in [1.807, 2.05) is 22.6 Å². The van der Waals surface area contributed by atoms with E-state index in [0.29, 0.717) is 17.1 Å². The SMILES string of the molecule is O=C(O)C(I)c1ccc(Oc2ccc(O)cc2)cc1. The molecule has 0 aromatic heterocycles. The van der Waals surface area contributed by atoms with E-state index in [1.165, 1.54) is 12.1 Å². The first-order valence-corrected chi connectivity index (χ1v) is 6.74. The maximum absolute atomic E-state index is 10.8. The summed E-state index contributed by atoms with van der Waals surface area (Å²) in [7, 11) is 0. The predicted molar refractivity (Wildman–Crippen MR) is 79.0 cm³/mol. The van der Waals surface area contributed by atoms with E-state index in [4.69, 9.17) is 14.9 Å². The van der Waals surface area contributed by atoms with E-state index in [9.17, 15) is 4.79 Å². The first-order chi connectivity index (χ1) is 9.06. The Morgan fingerprint density at radius 1 is 1.00 bits per heavy atom. The van der Waals surface area contributed by atoms with Crippen LogP contribution in [0.25, 0.3) is 0 Å². The number of carboxylic acids is 1. The van der Waals surface area contributed by atoms with Crippen molar-refractivity contribution in [2.45, 2.75) is 3.92 Å². The van der Waals surface area contributed by atoms with E-state index < -0.39 is 9.89 Å². The van der Waals surface area contributed by atoms with Crippen LogP contribution in [0.4, 0.5) is 0 Å². The normalized spacial score (nSPS) is 11.8. The summed E-state index contributed by atoms with van der Waals surface area (Å²) in [5.74, 6) is 0.531. The number of halogens is 1. The number of aromatic hydroxyl groups is 1. The van der Waals surface area contributed by atoms with E-state index in [1.54, 1.807) is 36.4 Å². The van der Waals surface area contributed by atoms with Crippen LogP contribution in [-0.4, -0.2) is 16.2 Å². The molecule has 4 nitrogen and oxygen atoms in total. The van der Waals surface area contributed by atoms with Gasteiger partial charge in [-0.2, -0.15) is 0 Å². The number of ether oxygens (including phenoxy) is 1. The Hall–Kier alpha value is -1.76. The minimum atomic E-state index is -0.868. The molecule has 0 aliphatic rings. The maximum Gasteiger partial charge on any atom is 0.320 e. The fraction of sp³-hybridized carbons (Fsp3) is 0.0714. The van der Waals surface area contributed by atoms with E-state index in [0.717, 1.165) is 0 Å². The molecule has 5 heteroatoms. The van der Waals surface area contributed by atoms with Gasteiger partial charge in [0, 0.05) is 0 Å². The lowest BCUT2D eigenvalue weighted by molar-refractivity contribution is -0.136. The fourth-order valence-electron chi connectivity index (χ4n) is 1.50. The average molecular weight is 370 g/mol. The van der Waals surface area contributed by atoms with Crippen LogP contribution in [0.2, 0.25) is 0 Å². The van der Waals surface area contributed by atoms with Gasteiger partial charge in [0.15, 0.2) is 0 Å². The van der Waals surface area contributed by atoms with E-state index in [-0.39, 0.29) is 5.75 Å². The number of rotatable bonds is 4. The zero-order valence-electron chi connectivity index (χ0n) is 9.79. The second-order valence-corrected chi connectivity index (χ2v) is 5.11. The van der Waals surface area contributed by atoms with Crippen molar-refractivity contribution in [3.05, 3.63) is 54.1 Å². The number of benzene rings is 2. The summed E-state index contributed by atoms with van der Waals surface area (Å²) in [5, 5.41) is 18.1. The van der Waals surface area contributed by atoms with E-state index >= 15 is 0 Å². The number of hydrogen-bond donors (Lipinski definition) is 2. The second kappa shape index (κ2) is 5.92. The lowest BCUT2D eigenvalue weighted by Gasteiger charge is -2.08. The lowest BCUT2D eigenvalue weighted by Crippen LogP contribution is -2.03. The third-order valence-electron chi connectivity index (χ3n) is 2.46. The molecule has 1 atom stereocenters. The molecule has 2 aromatic carbocycles. The minimum absolute atomic E-state index is 0.178. The van der Waals surface area contributed by atoms with Crippen molar-refractivity contribution in [3.63, 3.8) is 0 Å². The van der Waals surface area contributed by atoms with Gasteiger partial charge >= 0.3 is 5.97 Å². The Labute approximate surface area is 123 Å². The highest BCUT2D eigenvalue weighted by Crippen LogP contribution is 2.28. The van der Waals surface area contributed by atoms with Gasteiger partial charge in [-0.3, -0.25) is 4.79 Å². The van der Waals surface area contributed by atoms with Gasteiger partial charge in [-0.1, -0.05) is 34.7 Å². The van der Waals surface area contributed by atoms with Crippen LogP contribution in [-0.2, 0) is 4.79 Å². The minimum Gasteiger partial charge on any atom is -0.508 e. The molecular formula is C14H11IO4. The summed E-state index contributed by atoms with van der Waals surface area (Å²) >= 11 is 1.87. The molecule has 0 bridgehead atoms. The lowest BCUT2D eigenvalue weighted by atomic mass is 10.1. The molecule has 0 radical (unpaired) electrons. The fourth-order valence-corrected chi connectivity index (χ4v) is 1.91. The maximum atomic E-state index is 10.8. The molecule has 19 heavy (non-hydrogen) atoms. The number of phenolic OH excluding ortho intramolecular Hbond substituents is 1. The molecule has 1 unspecified atom stereocenters. The Balaban J connectivity index is 2.10. The van der Waals surface area contributed by atoms with Crippen molar-refractivity contribution in [3.8, 4) is 17.2 Å². The summed E-state index contributed by atoms with van der Waals surface area (Å²) in [6.07, 6.45) is 0. The molecule has 0 saturated carbocycles. The molecule has 0 amide bonds. The smallest absolute Gasteiger partial charge is 0.320 e. The average Bonchev–Trinajstić information content (AvgIpc) is 2.41. The third kappa shape index (κ3) is 3.60. The molecule has 0 aliphatic carbocycles. The number of phenols is 1. The van der Waals surface area contributed by atoms with Crippen LogP contribution in [0.3, 0.4) is 0 Å². The summed E-state index contributed by atoms with van der Waals surface area (Å²) < 4.78 is 5.00. The standard InChI is InChI=1S/C14H11IO4/c15-13(14(17)18)9-1-5-11(6-2-9)19-12-7-3-10(16)4-8-12/h1-8,13,16H,(H,17,18). The summed E-state index contributed by atoms with van der Waals surface area (Å²) in [5.41, 5.74) is 0.714. The van der Waals surface area contributed by atoms with Crippen LogP contribution < -0.4 is 4.74 Å². The third-order valence-corrected chi connectivity index (χ3v) is 3.71. The molecule has 98 valence electrons. The van der Waals surface area contributed by atoms with Crippen molar-refractivity contribution in [1.82, 2.24) is 0 Å². The summed E-state index contributed by atoms with van der Waals surface area (Å²) in [6.45, 7) is 0. The highest BCUT2D eigenvalue weighted by Gasteiger charge is 2.15. The summed E-state index contributed by atoms with van der Waals surface area (Å²) in [4.78, 5) is 10.8. The Bertz CT molecular complexity index is 563. The van der Waals surface area contributed by atoms with Crippen LogP contribution in [0, 0.1) is 0 Å². The quantitative estimate of drug-likeness (QED) is 0.636. The number of carboxylic acid groups (broad SMARTS) is 1.